The van der Waals surface area contributed by atoms with Crippen molar-refractivity contribution in [2.45, 2.75) is 44.8 Å². The van der Waals surface area contributed by atoms with Crippen LogP contribution in [-0.2, 0) is 17.8 Å². The number of halogens is 2. The second-order valence-corrected chi connectivity index (χ2v) is 12.5. The molecule has 0 spiro atoms. The summed E-state index contributed by atoms with van der Waals surface area (Å²) in [4.78, 5) is 32.1. The lowest BCUT2D eigenvalue weighted by atomic mass is 9.93. The number of nitrogens with one attached hydrogen (secondary N) is 1. The van der Waals surface area contributed by atoms with Crippen molar-refractivity contribution in [1.82, 2.24) is 15.1 Å². The molecule has 6 rings (SSSR count). The van der Waals surface area contributed by atoms with Crippen LogP contribution in [0.15, 0.2) is 121 Å². The molecule has 5 aromatic carbocycles. The van der Waals surface area contributed by atoms with E-state index in [0.29, 0.717) is 25.1 Å². The van der Waals surface area contributed by atoms with Crippen LogP contribution in [0.25, 0.3) is 21.9 Å². The summed E-state index contributed by atoms with van der Waals surface area (Å²) in [5.74, 6) is 0.000911. The fraction of sp³-hybridized carbons (Fsp3) is 0.268. The molecule has 1 fully saturated rings. The number of carbonyl (C=O) groups excluding carboxylic acids is 2. The fourth-order valence-corrected chi connectivity index (χ4v) is 6.97. The molecule has 1 atom stereocenters. The molecule has 0 radical (unpaired) electrons. The Morgan fingerprint density at radius 3 is 2.29 bits per heavy atom. The molecule has 1 aliphatic rings. The van der Waals surface area contributed by atoms with Gasteiger partial charge >= 0.3 is 0 Å². The molecule has 1 unspecified atom stereocenters. The summed E-state index contributed by atoms with van der Waals surface area (Å²) < 4.78 is 0. The zero-order chi connectivity index (χ0) is 32.6. The van der Waals surface area contributed by atoms with Gasteiger partial charge in [0.25, 0.3) is 5.91 Å². The first kappa shape index (κ1) is 37.6. The second kappa shape index (κ2) is 18.0. The number of piperidine rings is 1. The molecule has 49 heavy (non-hydrogen) atoms. The van der Waals surface area contributed by atoms with Gasteiger partial charge < -0.3 is 16.0 Å². The highest BCUT2D eigenvalue weighted by Gasteiger charge is 2.32. The molecule has 6 nitrogen and oxygen atoms in total. The van der Waals surface area contributed by atoms with E-state index in [1.165, 1.54) is 5.56 Å². The molecule has 0 saturated carbocycles. The molecule has 1 aliphatic heterocycles. The van der Waals surface area contributed by atoms with E-state index in [9.17, 15) is 9.59 Å². The quantitative estimate of drug-likeness (QED) is 0.148. The van der Waals surface area contributed by atoms with E-state index in [1.54, 1.807) is 0 Å². The SMILES string of the molecule is CC(c1cccc(-c2ccccc2C(=O)NCCN)c1)N(C(=O)Cc1cccc2ccccc12)C1CCN(Cc2ccccc2)CC1.Cl.Cl. The van der Waals surface area contributed by atoms with Gasteiger partial charge in [-0.3, -0.25) is 14.5 Å². The summed E-state index contributed by atoms with van der Waals surface area (Å²) in [6.45, 7) is 5.76. The van der Waals surface area contributed by atoms with Crippen molar-refractivity contribution < 1.29 is 9.59 Å². The number of nitrogens with two attached hydrogens (primary N) is 1. The normalized spacial score (nSPS) is 13.9. The minimum Gasteiger partial charge on any atom is -0.351 e. The van der Waals surface area contributed by atoms with Gasteiger partial charge in [-0.05, 0) is 70.5 Å². The predicted octanol–water partition coefficient (Wildman–Crippen LogP) is 7.84. The first-order valence-corrected chi connectivity index (χ1v) is 16.7. The molecule has 1 saturated heterocycles. The van der Waals surface area contributed by atoms with E-state index in [-0.39, 0.29) is 48.7 Å². The van der Waals surface area contributed by atoms with Gasteiger partial charge in [0, 0.05) is 44.3 Å². The number of hydrogen-bond donors (Lipinski definition) is 2. The molecule has 0 aromatic heterocycles. The number of rotatable bonds is 11. The average Bonchev–Trinajstić information content (AvgIpc) is 3.12. The Morgan fingerprint density at radius 2 is 1.51 bits per heavy atom. The Bertz CT molecular complexity index is 1820. The van der Waals surface area contributed by atoms with Gasteiger partial charge in [0.2, 0.25) is 5.91 Å². The summed E-state index contributed by atoms with van der Waals surface area (Å²) in [7, 11) is 0. The maximum atomic E-state index is 14.5. The highest BCUT2D eigenvalue weighted by molar-refractivity contribution is 6.01. The van der Waals surface area contributed by atoms with E-state index < -0.39 is 0 Å². The summed E-state index contributed by atoms with van der Waals surface area (Å²) in [5, 5.41) is 5.18. The summed E-state index contributed by atoms with van der Waals surface area (Å²) in [6, 6.07) is 41.1. The van der Waals surface area contributed by atoms with Crippen LogP contribution in [0.3, 0.4) is 0 Å². The molecular formula is C41H46Cl2N4O2. The molecule has 3 N–H and O–H groups in total. The van der Waals surface area contributed by atoms with E-state index >= 15 is 0 Å². The lowest BCUT2D eigenvalue weighted by molar-refractivity contribution is -0.136. The highest BCUT2D eigenvalue weighted by atomic mass is 35.5. The monoisotopic (exact) mass is 696 g/mol. The van der Waals surface area contributed by atoms with Crippen molar-refractivity contribution in [3.05, 3.63) is 144 Å². The Balaban J connectivity index is 0.00000270. The van der Waals surface area contributed by atoms with Gasteiger partial charge in [-0.2, -0.15) is 0 Å². The molecule has 5 aromatic rings. The van der Waals surface area contributed by atoms with Gasteiger partial charge in [-0.15, -0.1) is 24.8 Å². The minimum atomic E-state index is -0.152. The van der Waals surface area contributed by atoms with Crippen LogP contribution >= 0.6 is 24.8 Å². The summed E-state index contributed by atoms with van der Waals surface area (Å²) in [6.07, 6.45) is 2.18. The van der Waals surface area contributed by atoms with Crippen LogP contribution in [0.5, 0.6) is 0 Å². The Morgan fingerprint density at radius 1 is 0.837 bits per heavy atom. The van der Waals surface area contributed by atoms with E-state index in [0.717, 1.165) is 65.5 Å². The average molecular weight is 698 g/mol. The van der Waals surface area contributed by atoms with Crippen molar-refractivity contribution in [3.8, 4) is 11.1 Å². The molecule has 0 bridgehead atoms. The summed E-state index contributed by atoms with van der Waals surface area (Å²) in [5.41, 5.74) is 11.5. The van der Waals surface area contributed by atoms with Gasteiger partial charge in [0.05, 0.1) is 12.5 Å². The molecule has 2 amide bonds. The topological polar surface area (TPSA) is 78.7 Å². The van der Waals surface area contributed by atoms with Crippen LogP contribution in [0.1, 0.15) is 52.9 Å². The molecule has 1 heterocycles. The third-order valence-corrected chi connectivity index (χ3v) is 9.41. The van der Waals surface area contributed by atoms with E-state index in [2.05, 4.69) is 88.8 Å². The van der Waals surface area contributed by atoms with Gasteiger partial charge in [0.1, 0.15) is 0 Å². The zero-order valence-electron chi connectivity index (χ0n) is 28.0. The zero-order valence-corrected chi connectivity index (χ0v) is 29.6. The smallest absolute Gasteiger partial charge is 0.251 e. The number of carbonyl (C=O) groups is 2. The maximum Gasteiger partial charge on any atom is 0.251 e. The van der Waals surface area contributed by atoms with Crippen molar-refractivity contribution in [2.75, 3.05) is 26.2 Å². The van der Waals surface area contributed by atoms with E-state index in [4.69, 9.17) is 5.73 Å². The first-order chi connectivity index (χ1) is 23.0. The number of benzene rings is 5. The maximum absolute atomic E-state index is 14.5. The fourth-order valence-electron chi connectivity index (χ4n) is 6.97. The first-order valence-electron chi connectivity index (χ1n) is 16.7. The van der Waals surface area contributed by atoms with Crippen molar-refractivity contribution >= 4 is 47.4 Å². The minimum absolute atomic E-state index is 0. The van der Waals surface area contributed by atoms with Gasteiger partial charge in [-0.25, -0.2) is 0 Å². The Kier molecular flexibility index (Phi) is 13.8. The number of fused-ring (bicyclic) bond motifs is 1. The van der Waals surface area contributed by atoms with Crippen molar-refractivity contribution in [2.24, 2.45) is 5.73 Å². The van der Waals surface area contributed by atoms with Crippen LogP contribution < -0.4 is 11.1 Å². The van der Waals surface area contributed by atoms with Gasteiger partial charge in [0.15, 0.2) is 0 Å². The number of likely N-dealkylation sites (tertiary alicyclic amines) is 1. The number of amides is 2. The Hall–Kier alpha value is -4.20. The third-order valence-electron chi connectivity index (χ3n) is 9.41. The summed E-state index contributed by atoms with van der Waals surface area (Å²) >= 11 is 0. The van der Waals surface area contributed by atoms with E-state index in [1.807, 2.05) is 54.6 Å². The third kappa shape index (κ3) is 9.08. The Labute approximate surface area is 302 Å². The largest absolute Gasteiger partial charge is 0.351 e. The van der Waals surface area contributed by atoms with Crippen LogP contribution in [0.2, 0.25) is 0 Å². The number of nitrogens with zero attached hydrogens (tertiary/aromatic N) is 2. The molecule has 256 valence electrons. The number of hydrogen-bond acceptors (Lipinski definition) is 4. The van der Waals surface area contributed by atoms with Crippen molar-refractivity contribution in [1.29, 1.82) is 0 Å². The molecular weight excluding hydrogens is 651 g/mol. The standard InChI is InChI=1S/C41H44N4O2.2ClH/c1-30(33-15-10-16-34(27-33)38-19-7-8-20-39(38)41(47)43-24-23-42)45(36-21-25-44(26-22-36)29-31-11-3-2-4-12-31)40(46)28-35-17-9-14-32-13-5-6-18-37(32)35;;/h2-20,27,30,36H,21-26,28-29,42H2,1H3,(H,43,47);2*1H. The van der Waals surface area contributed by atoms with Gasteiger partial charge in [-0.1, -0.05) is 109 Å². The lowest BCUT2D eigenvalue weighted by Gasteiger charge is -2.42. The van der Waals surface area contributed by atoms with Crippen molar-refractivity contribution in [3.63, 3.8) is 0 Å². The van der Waals surface area contributed by atoms with Crippen LogP contribution in [0, 0.1) is 0 Å². The molecule has 8 heteroatoms. The second-order valence-electron chi connectivity index (χ2n) is 12.5. The molecule has 0 aliphatic carbocycles. The predicted molar refractivity (Wildman–Crippen MR) is 205 cm³/mol. The van der Waals surface area contributed by atoms with Crippen LogP contribution in [0.4, 0.5) is 0 Å². The lowest BCUT2D eigenvalue weighted by Crippen LogP contribution is -2.48. The highest BCUT2D eigenvalue weighted by Crippen LogP contribution is 2.33. The van der Waals surface area contributed by atoms with Crippen LogP contribution in [-0.4, -0.2) is 53.8 Å².